The zero-order chi connectivity index (χ0) is 11.7. The van der Waals surface area contributed by atoms with Crippen LogP contribution in [0.2, 0.25) is 0 Å². The van der Waals surface area contributed by atoms with Crippen molar-refractivity contribution < 1.29 is 9.53 Å². The molecular weight excluding hydrogens is 200 g/mol. The van der Waals surface area contributed by atoms with Crippen molar-refractivity contribution in [1.82, 2.24) is 0 Å². The molecule has 16 heavy (non-hydrogen) atoms. The lowest BCUT2D eigenvalue weighted by Gasteiger charge is -2.32. The highest BCUT2D eigenvalue weighted by molar-refractivity contribution is 5.86. The van der Waals surface area contributed by atoms with Gasteiger partial charge in [-0.15, -0.1) is 0 Å². The first kappa shape index (κ1) is 12.1. The number of carbonyl (C=O) groups is 1. The number of Topliss-reactive ketones (excluding diaryl/α,β-unsaturated/α-hetero) is 1. The van der Waals surface area contributed by atoms with E-state index in [2.05, 4.69) is 20.8 Å². The van der Waals surface area contributed by atoms with Gasteiger partial charge >= 0.3 is 0 Å². The Morgan fingerprint density at radius 2 is 1.69 bits per heavy atom. The van der Waals surface area contributed by atoms with E-state index < -0.39 is 0 Å². The van der Waals surface area contributed by atoms with Crippen LogP contribution in [-0.4, -0.2) is 18.5 Å². The van der Waals surface area contributed by atoms with Crippen LogP contribution in [-0.2, 0) is 9.53 Å². The molecule has 2 fully saturated rings. The maximum atomic E-state index is 12.4. The largest absolute Gasteiger partial charge is 0.370 e. The van der Waals surface area contributed by atoms with Crippen molar-refractivity contribution in [3.63, 3.8) is 0 Å². The average molecular weight is 224 g/mol. The summed E-state index contributed by atoms with van der Waals surface area (Å²) >= 11 is 0. The molecule has 0 radical (unpaired) electrons. The smallest absolute Gasteiger partial charge is 0.164 e. The fourth-order valence-electron chi connectivity index (χ4n) is 3.47. The highest BCUT2D eigenvalue weighted by Gasteiger charge is 2.37. The van der Waals surface area contributed by atoms with Gasteiger partial charge in [-0.25, -0.2) is 0 Å². The zero-order valence-corrected chi connectivity index (χ0v) is 10.7. The van der Waals surface area contributed by atoms with E-state index >= 15 is 0 Å². The molecule has 4 atom stereocenters. The van der Waals surface area contributed by atoms with Crippen LogP contribution in [0.15, 0.2) is 0 Å². The predicted octanol–water partition coefficient (Wildman–Crippen LogP) is 3.05. The van der Waals surface area contributed by atoms with Crippen LogP contribution in [0, 0.1) is 23.7 Å². The van der Waals surface area contributed by atoms with Crippen molar-refractivity contribution in [2.24, 2.45) is 23.7 Å². The standard InChI is InChI=1S/C14H24O2/c1-9-6-10(2)8-12(7-9)13(15)14-11(3)4-5-16-14/h9-12,14H,4-8H2,1-3H3. The second-order valence-corrected chi connectivity index (χ2v) is 6.07. The molecule has 0 amide bonds. The Balaban J connectivity index is 1.98. The van der Waals surface area contributed by atoms with Gasteiger partial charge in [-0.05, 0) is 43.4 Å². The average Bonchev–Trinajstić information content (AvgIpc) is 2.62. The van der Waals surface area contributed by atoms with Crippen LogP contribution in [0.25, 0.3) is 0 Å². The molecule has 0 aromatic heterocycles. The summed E-state index contributed by atoms with van der Waals surface area (Å²) in [5.41, 5.74) is 0. The first-order chi connectivity index (χ1) is 7.58. The van der Waals surface area contributed by atoms with Crippen molar-refractivity contribution in [3.8, 4) is 0 Å². The number of hydrogen-bond acceptors (Lipinski definition) is 2. The maximum absolute atomic E-state index is 12.4. The molecule has 92 valence electrons. The Morgan fingerprint density at radius 1 is 1.06 bits per heavy atom. The monoisotopic (exact) mass is 224 g/mol. The number of rotatable bonds is 2. The van der Waals surface area contributed by atoms with Gasteiger partial charge in [-0.1, -0.05) is 20.8 Å². The van der Waals surface area contributed by atoms with Gasteiger partial charge in [0, 0.05) is 12.5 Å². The van der Waals surface area contributed by atoms with E-state index in [4.69, 9.17) is 4.74 Å². The second kappa shape index (κ2) is 4.87. The second-order valence-electron chi connectivity index (χ2n) is 6.07. The van der Waals surface area contributed by atoms with E-state index in [9.17, 15) is 4.79 Å². The lowest BCUT2D eigenvalue weighted by Crippen LogP contribution is -2.35. The molecule has 1 aliphatic heterocycles. The molecule has 4 unspecified atom stereocenters. The van der Waals surface area contributed by atoms with Crippen LogP contribution in [0.4, 0.5) is 0 Å². The maximum Gasteiger partial charge on any atom is 0.164 e. The van der Waals surface area contributed by atoms with E-state index in [1.807, 2.05) is 0 Å². The van der Waals surface area contributed by atoms with Crippen molar-refractivity contribution in [3.05, 3.63) is 0 Å². The molecule has 0 spiro atoms. The first-order valence-electron chi connectivity index (χ1n) is 6.73. The molecule has 0 aromatic rings. The molecule has 2 nitrogen and oxygen atoms in total. The highest BCUT2D eigenvalue weighted by atomic mass is 16.5. The SMILES string of the molecule is CC1CC(C)CC(C(=O)C2OCCC2C)C1. The van der Waals surface area contributed by atoms with Gasteiger partial charge in [0.05, 0.1) is 0 Å². The Labute approximate surface area is 98.7 Å². The molecule has 1 saturated heterocycles. The normalized spacial score (nSPS) is 44.6. The van der Waals surface area contributed by atoms with Crippen molar-refractivity contribution in [1.29, 1.82) is 0 Å². The summed E-state index contributed by atoms with van der Waals surface area (Å²) < 4.78 is 5.60. The molecule has 2 heteroatoms. The van der Waals surface area contributed by atoms with Crippen LogP contribution >= 0.6 is 0 Å². The van der Waals surface area contributed by atoms with Gasteiger partial charge in [-0.3, -0.25) is 4.79 Å². The number of ketones is 1. The van der Waals surface area contributed by atoms with Gasteiger partial charge < -0.3 is 4.74 Å². The van der Waals surface area contributed by atoms with Crippen LogP contribution in [0.5, 0.6) is 0 Å². The third kappa shape index (κ3) is 2.48. The van der Waals surface area contributed by atoms with Crippen molar-refractivity contribution in [2.75, 3.05) is 6.61 Å². The summed E-state index contributed by atoms with van der Waals surface area (Å²) in [4.78, 5) is 12.4. The zero-order valence-electron chi connectivity index (χ0n) is 10.7. The molecule has 1 saturated carbocycles. The minimum atomic E-state index is -0.0949. The van der Waals surface area contributed by atoms with Crippen molar-refractivity contribution in [2.45, 2.75) is 52.6 Å². The third-order valence-electron chi connectivity index (χ3n) is 4.25. The predicted molar refractivity (Wildman–Crippen MR) is 64.2 cm³/mol. The third-order valence-corrected chi connectivity index (χ3v) is 4.25. The molecule has 1 heterocycles. The molecular formula is C14H24O2. The van der Waals surface area contributed by atoms with E-state index in [1.54, 1.807) is 0 Å². The van der Waals surface area contributed by atoms with Gasteiger partial charge in [0.1, 0.15) is 6.10 Å². The van der Waals surface area contributed by atoms with E-state index in [1.165, 1.54) is 6.42 Å². The summed E-state index contributed by atoms with van der Waals surface area (Å²) in [6.07, 6.45) is 4.40. The summed E-state index contributed by atoms with van der Waals surface area (Å²) in [5, 5.41) is 0. The van der Waals surface area contributed by atoms with Gasteiger partial charge in [-0.2, -0.15) is 0 Å². The molecule has 2 aliphatic rings. The van der Waals surface area contributed by atoms with Crippen molar-refractivity contribution >= 4 is 5.78 Å². The number of carbonyl (C=O) groups excluding carboxylic acids is 1. The topological polar surface area (TPSA) is 26.3 Å². The molecule has 0 aromatic carbocycles. The minimum absolute atomic E-state index is 0.0949. The Morgan fingerprint density at radius 3 is 2.19 bits per heavy atom. The van der Waals surface area contributed by atoms with Gasteiger partial charge in [0.15, 0.2) is 5.78 Å². The van der Waals surface area contributed by atoms with Gasteiger partial charge in [0.2, 0.25) is 0 Å². The number of hydrogen-bond donors (Lipinski definition) is 0. The fourth-order valence-corrected chi connectivity index (χ4v) is 3.47. The summed E-state index contributed by atoms with van der Waals surface area (Å²) in [6.45, 7) is 7.46. The lowest BCUT2D eigenvalue weighted by atomic mass is 9.73. The number of ether oxygens (including phenoxy) is 1. The van der Waals surface area contributed by atoms with Crippen LogP contribution in [0.3, 0.4) is 0 Å². The molecule has 1 aliphatic carbocycles. The van der Waals surface area contributed by atoms with Crippen LogP contribution < -0.4 is 0 Å². The van der Waals surface area contributed by atoms with E-state index in [0.717, 1.165) is 25.9 Å². The highest BCUT2D eigenvalue weighted by Crippen LogP contribution is 2.36. The van der Waals surface area contributed by atoms with Gasteiger partial charge in [0.25, 0.3) is 0 Å². The Kier molecular flexibility index (Phi) is 3.68. The Hall–Kier alpha value is -0.370. The summed E-state index contributed by atoms with van der Waals surface area (Å²) in [6, 6.07) is 0. The summed E-state index contributed by atoms with van der Waals surface area (Å²) in [5.74, 6) is 2.50. The summed E-state index contributed by atoms with van der Waals surface area (Å²) in [7, 11) is 0. The quantitative estimate of drug-likeness (QED) is 0.720. The van der Waals surface area contributed by atoms with E-state index in [-0.39, 0.29) is 12.0 Å². The molecule has 0 bridgehead atoms. The lowest BCUT2D eigenvalue weighted by molar-refractivity contribution is -0.135. The molecule has 2 rings (SSSR count). The fraction of sp³-hybridized carbons (Fsp3) is 0.929. The first-order valence-corrected chi connectivity index (χ1v) is 6.73. The molecule has 0 N–H and O–H groups in total. The van der Waals surface area contributed by atoms with Crippen LogP contribution in [0.1, 0.15) is 46.5 Å². The Bertz CT molecular complexity index is 251. The van der Waals surface area contributed by atoms with E-state index in [0.29, 0.717) is 23.5 Å². The minimum Gasteiger partial charge on any atom is -0.370 e.